The zero-order chi connectivity index (χ0) is 14.8. The van der Waals surface area contributed by atoms with E-state index in [1.807, 2.05) is 0 Å². The van der Waals surface area contributed by atoms with Crippen molar-refractivity contribution in [3.05, 3.63) is 29.3 Å². The molecule has 0 aromatic heterocycles. The van der Waals surface area contributed by atoms with Gasteiger partial charge in [0.1, 0.15) is 0 Å². The van der Waals surface area contributed by atoms with E-state index in [-0.39, 0.29) is 5.54 Å². The molecule has 1 N–H and O–H groups in total. The summed E-state index contributed by atoms with van der Waals surface area (Å²) in [4.78, 5) is 2.60. The molecule has 1 fully saturated rings. The molecule has 2 nitrogen and oxygen atoms in total. The minimum absolute atomic E-state index is 0.161. The molecule has 0 bridgehead atoms. The average Bonchev–Trinajstić information content (AvgIpc) is 2.37. The Kier molecular flexibility index (Phi) is 4.74. The van der Waals surface area contributed by atoms with Crippen molar-refractivity contribution in [1.29, 1.82) is 0 Å². The van der Waals surface area contributed by atoms with Gasteiger partial charge in [-0.1, -0.05) is 17.7 Å². The Morgan fingerprint density at radius 2 is 2.00 bits per heavy atom. The Morgan fingerprint density at radius 1 is 1.25 bits per heavy atom. The van der Waals surface area contributed by atoms with Gasteiger partial charge in [-0.05, 0) is 65.5 Å². The molecule has 0 aliphatic carbocycles. The summed E-state index contributed by atoms with van der Waals surface area (Å²) in [5.41, 5.74) is 4.38. The fraction of sp³-hybridized carbons (Fsp3) is 0.667. The Labute approximate surface area is 124 Å². The number of nitrogens with one attached hydrogen (secondary N) is 1. The normalized spacial score (nSPS) is 20.2. The third-order valence-electron chi connectivity index (χ3n) is 4.16. The molecule has 1 heterocycles. The highest BCUT2D eigenvalue weighted by atomic mass is 15.2. The molecular weight excluding hydrogens is 244 g/mol. The van der Waals surface area contributed by atoms with E-state index in [4.69, 9.17) is 0 Å². The maximum absolute atomic E-state index is 3.63. The van der Waals surface area contributed by atoms with Crippen LogP contribution in [0.1, 0.15) is 58.1 Å². The molecule has 0 amide bonds. The zero-order valence-corrected chi connectivity index (χ0v) is 13.8. The van der Waals surface area contributed by atoms with Crippen LogP contribution >= 0.6 is 0 Å². The first-order valence-electron chi connectivity index (χ1n) is 7.98. The van der Waals surface area contributed by atoms with Gasteiger partial charge in [0.25, 0.3) is 0 Å². The second-order valence-electron chi connectivity index (χ2n) is 7.27. The second-order valence-corrected chi connectivity index (χ2v) is 7.27. The number of aryl methyl sites for hydroxylation is 1. The minimum atomic E-state index is 0.161. The molecule has 1 atom stereocenters. The lowest BCUT2D eigenvalue weighted by atomic mass is 9.99. The quantitative estimate of drug-likeness (QED) is 0.886. The largest absolute Gasteiger partial charge is 0.369 e. The lowest BCUT2D eigenvalue weighted by Gasteiger charge is -2.37. The molecular formula is C18H30N2. The van der Waals surface area contributed by atoms with Crippen molar-refractivity contribution in [3.8, 4) is 0 Å². The van der Waals surface area contributed by atoms with Gasteiger partial charge in [0.15, 0.2) is 0 Å². The smallest absolute Gasteiger partial charge is 0.0414 e. The number of hydrogen-bond donors (Lipinski definition) is 1. The molecule has 2 rings (SSSR count). The zero-order valence-electron chi connectivity index (χ0n) is 13.8. The van der Waals surface area contributed by atoms with E-state index in [1.54, 1.807) is 0 Å². The number of hydrogen-bond acceptors (Lipinski definition) is 2. The maximum Gasteiger partial charge on any atom is 0.0414 e. The molecule has 0 radical (unpaired) electrons. The van der Waals surface area contributed by atoms with Crippen molar-refractivity contribution in [1.82, 2.24) is 5.32 Å². The van der Waals surface area contributed by atoms with E-state index in [0.717, 1.165) is 6.54 Å². The van der Waals surface area contributed by atoms with E-state index in [0.29, 0.717) is 6.04 Å². The molecule has 2 heteroatoms. The lowest BCUT2D eigenvalue weighted by Crippen LogP contribution is -2.39. The third-order valence-corrected chi connectivity index (χ3v) is 4.16. The van der Waals surface area contributed by atoms with Crippen LogP contribution in [0.25, 0.3) is 0 Å². The van der Waals surface area contributed by atoms with Crippen LogP contribution in [0.3, 0.4) is 0 Å². The first kappa shape index (κ1) is 15.4. The molecule has 1 aromatic carbocycles. The molecule has 112 valence electrons. The highest BCUT2D eigenvalue weighted by Crippen LogP contribution is 2.29. The van der Waals surface area contributed by atoms with Gasteiger partial charge in [0, 0.05) is 30.4 Å². The summed E-state index contributed by atoms with van der Waals surface area (Å²) >= 11 is 0. The summed E-state index contributed by atoms with van der Waals surface area (Å²) in [6, 6.07) is 7.57. The average molecular weight is 274 g/mol. The van der Waals surface area contributed by atoms with Gasteiger partial charge in [-0.15, -0.1) is 0 Å². The standard InChI is InChI=1S/C18H30N2/c1-14-9-10-17(20-11-7-6-8-15(20)2)16(12-14)13-19-18(3,4)5/h9-10,12,15,19H,6-8,11,13H2,1-5H3. The van der Waals surface area contributed by atoms with Crippen molar-refractivity contribution in [2.75, 3.05) is 11.4 Å². The third kappa shape index (κ3) is 3.99. The predicted molar refractivity (Wildman–Crippen MR) is 88.4 cm³/mol. The van der Waals surface area contributed by atoms with Gasteiger partial charge >= 0.3 is 0 Å². The maximum atomic E-state index is 3.63. The van der Waals surface area contributed by atoms with Gasteiger partial charge < -0.3 is 10.2 Å². The van der Waals surface area contributed by atoms with Crippen LogP contribution in [0.4, 0.5) is 5.69 Å². The Hall–Kier alpha value is -1.02. The first-order chi connectivity index (χ1) is 9.37. The van der Waals surface area contributed by atoms with Crippen molar-refractivity contribution in [2.24, 2.45) is 0 Å². The summed E-state index contributed by atoms with van der Waals surface area (Å²) in [6.07, 6.45) is 4.02. The van der Waals surface area contributed by atoms with Gasteiger partial charge in [-0.3, -0.25) is 0 Å². The van der Waals surface area contributed by atoms with E-state index >= 15 is 0 Å². The predicted octanol–water partition coefficient (Wildman–Crippen LogP) is 4.26. The van der Waals surface area contributed by atoms with Crippen molar-refractivity contribution in [3.63, 3.8) is 0 Å². The monoisotopic (exact) mass is 274 g/mol. The van der Waals surface area contributed by atoms with Crippen LogP contribution in [0.15, 0.2) is 18.2 Å². The Morgan fingerprint density at radius 3 is 2.65 bits per heavy atom. The second kappa shape index (κ2) is 6.17. The number of benzene rings is 1. The fourth-order valence-electron chi connectivity index (χ4n) is 2.95. The van der Waals surface area contributed by atoms with Crippen LogP contribution in [0.2, 0.25) is 0 Å². The lowest BCUT2D eigenvalue weighted by molar-refractivity contribution is 0.422. The minimum Gasteiger partial charge on any atom is -0.369 e. The van der Waals surface area contributed by atoms with Crippen molar-refractivity contribution >= 4 is 5.69 Å². The molecule has 1 saturated heterocycles. The number of nitrogens with zero attached hydrogens (tertiary/aromatic N) is 1. The molecule has 1 aliphatic rings. The summed E-state index contributed by atoms with van der Waals surface area (Å²) in [5.74, 6) is 0. The van der Waals surface area contributed by atoms with Gasteiger partial charge in [-0.25, -0.2) is 0 Å². The van der Waals surface area contributed by atoms with Gasteiger partial charge in [0.05, 0.1) is 0 Å². The number of anilines is 1. The van der Waals surface area contributed by atoms with E-state index < -0.39 is 0 Å². The van der Waals surface area contributed by atoms with Crippen LogP contribution < -0.4 is 10.2 Å². The summed E-state index contributed by atoms with van der Waals surface area (Å²) in [5, 5.41) is 3.63. The molecule has 1 aromatic rings. The molecule has 1 unspecified atom stereocenters. The highest BCUT2D eigenvalue weighted by Gasteiger charge is 2.21. The SMILES string of the molecule is Cc1ccc(N2CCCCC2C)c(CNC(C)(C)C)c1. The number of piperidine rings is 1. The van der Waals surface area contributed by atoms with Crippen LogP contribution in [-0.4, -0.2) is 18.1 Å². The summed E-state index contributed by atoms with van der Waals surface area (Å²) < 4.78 is 0. The summed E-state index contributed by atoms with van der Waals surface area (Å²) in [6.45, 7) is 13.4. The molecule has 1 aliphatic heterocycles. The highest BCUT2D eigenvalue weighted by molar-refractivity contribution is 5.56. The first-order valence-corrected chi connectivity index (χ1v) is 7.98. The van der Waals surface area contributed by atoms with Gasteiger partial charge in [-0.2, -0.15) is 0 Å². The Balaban J connectivity index is 2.23. The molecule has 0 saturated carbocycles. The van der Waals surface area contributed by atoms with Crippen LogP contribution in [0, 0.1) is 6.92 Å². The van der Waals surface area contributed by atoms with Gasteiger partial charge in [0.2, 0.25) is 0 Å². The fourth-order valence-corrected chi connectivity index (χ4v) is 2.95. The van der Waals surface area contributed by atoms with E-state index in [2.05, 4.69) is 63.0 Å². The van der Waals surface area contributed by atoms with Crippen LogP contribution in [-0.2, 0) is 6.54 Å². The topological polar surface area (TPSA) is 15.3 Å². The van der Waals surface area contributed by atoms with E-state index in [1.165, 1.54) is 42.6 Å². The van der Waals surface area contributed by atoms with Crippen molar-refractivity contribution in [2.45, 2.75) is 72.0 Å². The molecule has 0 spiro atoms. The van der Waals surface area contributed by atoms with Crippen LogP contribution in [0.5, 0.6) is 0 Å². The molecule has 20 heavy (non-hydrogen) atoms. The number of rotatable bonds is 3. The van der Waals surface area contributed by atoms with E-state index in [9.17, 15) is 0 Å². The summed E-state index contributed by atoms with van der Waals surface area (Å²) in [7, 11) is 0. The Bertz CT molecular complexity index is 445. The van der Waals surface area contributed by atoms with Crippen molar-refractivity contribution < 1.29 is 0 Å².